The molecule has 0 saturated heterocycles. The summed E-state index contributed by atoms with van der Waals surface area (Å²) >= 11 is 13.5. The average molecular weight is 2010 g/mol. The minimum absolute atomic E-state index is 0.0253. The summed E-state index contributed by atoms with van der Waals surface area (Å²) in [5, 5.41) is 5.03. The highest BCUT2D eigenvalue weighted by atomic mass is 79.9. The Kier molecular flexibility index (Phi) is 31.8. The van der Waals surface area contributed by atoms with Crippen LogP contribution in [0, 0.1) is 40.6 Å². The number of Topliss-reactive ketones (excluding diaryl/α,β-unsaturated/α-hetero) is 1. The lowest BCUT2D eigenvalue weighted by atomic mass is 9.95. The molecule has 30 heteroatoms. The minimum Gasteiger partial charge on any atom is -0.461 e. The normalized spacial score (nSPS) is 14.2. The van der Waals surface area contributed by atoms with E-state index in [9.17, 15) is 55.5 Å². The molecule has 12 aromatic rings. The maximum atomic E-state index is 14.9. The first-order valence-electron chi connectivity index (χ1n) is 40.3. The fourth-order valence-corrected chi connectivity index (χ4v) is 15.5. The lowest BCUT2D eigenvalue weighted by Crippen LogP contribution is -2.44. The number of carbonyl (C=O) groups is 7. The Morgan fingerprint density at radius 2 is 0.914 bits per heavy atom. The Bertz CT molecular complexity index is 6470. The SMILES string of the molecule is CCOC(=O)c1ncn2c1[C@@H](C)N=C(c1ccccc1F)c1cc(Br)ccc1-2.CCOC(=O)c1ncn2c1[C@@H](C)N=C(c1ccccc1F)c1cc(C#C[Si](C)(C)C)ccc1-2.C[C@@H](NC(=O)OC(C)(C)C)C(=O)Nc1ccc(Br)cc1C(=O)c1ccccc1F.C[C@H]1N=C(c2ccccc2F)c2cc(Br)ccc2CC1=O.Nc1ccc(Br)cc1C(=O)c1ccccc1F. The molecule has 0 bridgehead atoms. The number of nitrogens with one attached hydrogen (secondary N) is 2. The summed E-state index contributed by atoms with van der Waals surface area (Å²) in [5.74, 6) is -1.45. The molecular formula is C98H87Br4F5N10O10Si. The molecule has 0 radical (unpaired) electrons. The van der Waals surface area contributed by atoms with E-state index in [0.29, 0.717) is 67.4 Å². The third-order valence-corrected chi connectivity index (χ3v) is 22.4. The number of nitrogen functional groups attached to an aromatic ring is 1. The van der Waals surface area contributed by atoms with Crippen LogP contribution in [0.4, 0.5) is 38.1 Å². The molecule has 0 unspecified atom stereocenters. The second kappa shape index (κ2) is 42.4. The fourth-order valence-electron chi connectivity index (χ4n) is 13.5. The second-order valence-corrected chi connectivity index (χ2v) is 39.7. The van der Waals surface area contributed by atoms with Gasteiger partial charge in [-0.2, -0.15) is 0 Å². The highest BCUT2D eigenvalue weighted by molar-refractivity contribution is 9.11. The molecule has 2 aromatic heterocycles. The molecule has 656 valence electrons. The van der Waals surface area contributed by atoms with Gasteiger partial charge in [0.2, 0.25) is 5.91 Å². The largest absolute Gasteiger partial charge is 0.461 e. The van der Waals surface area contributed by atoms with Crippen molar-refractivity contribution in [1.29, 1.82) is 0 Å². The van der Waals surface area contributed by atoms with Gasteiger partial charge in [-0.15, -0.1) is 5.54 Å². The van der Waals surface area contributed by atoms with Crippen molar-refractivity contribution < 1.29 is 69.7 Å². The zero-order valence-electron chi connectivity index (χ0n) is 71.5. The predicted molar refractivity (Wildman–Crippen MR) is 502 cm³/mol. The fraction of sp³-hybridized carbons (Fsp3) is 0.204. The topological polar surface area (TPSA) is 270 Å². The molecule has 3 aliphatic heterocycles. The van der Waals surface area contributed by atoms with Crippen LogP contribution in [-0.2, 0) is 30.2 Å². The zero-order chi connectivity index (χ0) is 92.8. The van der Waals surface area contributed by atoms with Crippen LogP contribution >= 0.6 is 63.7 Å². The van der Waals surface area contributed by atoms with E-state index in [1.165, 1.54) is 73.7 Å². The van der Waals surface area contributed by atoms with Gasteiger partial charge in [0, 0.05) is 80.1 Å². The van der Waals surface area contributed by atoms with Gasteiger partial charge in [0.05, 0.1) is 82.0 Å². The maximum absolute atomic E-state index is 14.9. The molecule has 0 spiro atoms. The van der Waals surface area contributed by atoms with Gasteiger partial charge in [-0.05, 0) is 213 Å². The van der Waals surface area contributed by atoms with Gasteiger partial charge < -0.3 is 30.6 Å². The Morgan fingerprint density at radius 1 is 0.508 bits per heavy atom. The van der Waals surface area contributed by atoms with E-state index in [2.05, 4.69) is 120 Å². The van der Waals surface area contributed by atoms with Crippen LogP contribution in [-0.4, -0.2) is 116 Å². The number of rotatable bonds is 14. The molecule has 128 heavy (non-hydrogen) atoms. The number of halogens is 9. The number of ether oxygens (including phenoxy) is 3. The van der Waals surface area contributed by atoms with Crippen molar-refractivity contribution in [3.8, 4) is 22.8 Å². The van der Waals surface area contributed by atoms with E-state index >= 15 is 0 Å². The molecule has 20 nitrogen and oxygen atoms in total. The van der Waals surface area contributed by atoms with Crippen molar-refractivity contribution in [3.63, 3.8) is 0 Å². The number of amides is 2. The summed E-state index contributed by atoms with van der Waals surface area (Å²) in [6.45, 7) is 22.7. The third kappa shape index (κ3) is 23.6. The number of ketones is 3. The Morgan fingerprint density at radius 3 is 1.39 bits per heavy atom. The van der Waals surface area contributed by atoms with Crippen molar-refractivity contribution in [1.82, 2.24) is 24.4 Å². The van der Waals surface area contributed by atoms with Gasteiger partial charge >= 0.3 is 18.0 Å². The lowest BCUT2D eigenvalue weighted by molar-refractivity contribution is -0.119. The average Bonchev–Trinajstić information content (AvgIpc) is 1.60. The summed E-state index contributed by atoms with van der Waals surface area (Å²) in [6.07, 6.45) is 2.78. The summed E-state index contributed by atoms with van der Waals surface area (Å²) < 4.78 is 93.4. The number of fused-ring (bicyclic) bond motifs is 7. The van der Waals surface area contributed by atoms with Crippen molar-refractivity contribution >= 4 is 142 Å². The van der Waals surface area contributed by atoms with E-state index in [1.807, 2.05) is 77.6 Å². The summed E-state index contributed by atoms with van der Waals surface area (Å²) in [7, 11) is -1.58. The van der Waals surface area contributed by atoms with E-state index in [1.54, 1.807) is 145 Å². The van der Waals surface area contributed by atoms with Gasteiger partial charge in [0.15, 0.2) is 28.7 Å². The first kappa shape index (κ1) is 96.1. The van der Waals surface area contributed by atoms with Crippen LogP contribution in [0.5, 0.6) is 0 Å². The number of benzene rings is 10. The van der Waals surface area contributed by atoms with E-state index in [4.69, 9.17) is 29.9 Å². The number of anilines is 2. The molecule has 2 amide bonds. The Hall–Kier alpha value is -12.5. The van der Waals surface area contributed by atoms with Gasteiger partial charge in [-0.3, -0.25) is 43.3 Å². The number of nitrogens with zero attached hydrogens (tertiary/aromatic N) is 7. The van der Waals surface area contributed by atoms with Gasteiger partial charge in [0.1, 0.15) is 67.5 Å². The Labute approximate surface area is 771 Å². The number of aromatic nitrogens is 4. The molecule has 0 saturated carbocycles. The van der Waals surface area contributed by atoms with E-state index < -0.39 is 85.0 Å². The van der Waals surface area contributed by atoms with E-state index in [0.717, 1.165) is 52.6 Å². The zero-order valence-corrected chi connectivity index (χ0v) is 78.8. The van der Waals surface area contributed by atoms with Crippen LogP contribution in [0.25, 0.3) is 11.4 Å². The quantitative estimate of drug-likeness (QED) is 0.0174. The number of alkyl carbamates (subject to hydrolysis) is 1. The molecule has 5 heterocycles. The summed E-state index contributed by atoms with van der Waals surface area (Å²) in [5.41, 5.74) is 19.3. The number of carbonyl (C=O) groups excluding carboxylic acids is 7. The smallest absolute Gasteiger partial charge is 0.408 e. The van der Waals surface area contributed by atoms with Crippen molar-refractivity contribution in [3.05, 3.63) is 361 Å². The predicted octanol–water partition coefficient (Wildman–Crippen LogP) is 22.2. The first-order valence-corrected chi connectivity index (χ1v) is 47.0. The number of hydrogen-bond donors (Lipinski definition) is 3. The standard InChI is InChI=1S/C26H26FN3O2Si.C21H17BrFN3O2.C21H22BrFN2O4.C17H13BrFNO.C13H9BrFNO/c1-6-32-26(31)24-25-17(2)29-23(19-9-7-8-10-21(19)27)20-15-18(13-14-33(3,4)5)11-12-22(20)30(25)16-28-24;1-3-28-21(27)19-20-12(2)25-18(14-6-4-5-7-16(14)23)15-10-13(22)8-9-17(15)26(20)11-24-19;1-12(24-20(28)29-21(2,3)4)19(27)25-17-10-9-13(22)11-15(17)18(26)14-7-5-6-8-16(14)23;1-10-16(21)8-11-6-7-12(18)9-14(11)17(20-10)13-4-2-3-5-15(13)19;14-8-5-6-12(16)10(7-8)13(17)9-3-1-2-4-11(9)15/h7-12,15-17H,6H2,1-5H3;4-12H,3H2,1-2H3;5-12H,1-4H3,(H,24,28)(H,25,27);2-7,9-10H,8H2,1H3;1-7H,16H2/t17-;2*12-;10-;/m1111./s1. The summed E-state index contributed by atoms with van der Waals surface area (Å²) in [6, 6.07) is 55.6. The molecule has 15 rings (SSSR count). The number of esters is 2. The van der Waals surface area contributed by atoms with Crippen LogP contribution in [0.15, 0.2) is 258 Å². The monoisotopic (exact) mass is 2000 g/mol. The van der Waals surface area contributed by atoms with Crippen molar-refractivity contribution in [2.45, 2.75) is 118 Å². The maximum Gasteiger partial charge on any atom is 0.408 e. The van der Waals surface area contributed by atoms with Gasteiger partial charge in [0.25, 0.3) is 0 Å². The van der Waals surface area contributed by atoms with Crippen molar-refractivity contribution in [2.75, 3.05) is 24.3 Å². The highest BCUT2D eigenvalue weighted by Gasteiger charge is 2.34. The second-order valence-electron chi connectivity index (χ2n) is 31.3. The van der Waals surface area contributed by atoms with Crippen LogP contribution in [0.2, 0.25) is 19.6 Å². The molecular weight excluding hydrogens is 1920 g/mol. The van der Waals surface area contributed by atoms with Crippen LogP contribution in [0.1, 0.15) is 183 Å². The minimum atomic E-state index is -1.58. The van der Waals surface area contributed by atoms with Crippen molar-refractivity contribution in [2.24, 2.45) is 15.0 Å². The first-order chi connectivity index (χ1) is 60.8. The third-order valence-electron chi connectivity index (χ3n) is 19.5. The number of aliphatic imine (C=N–C) groups is 3. The number of hydrogen-bond acceptors (Lipinski definition) is 16. The molecule has 4 N–H and O–H groups in total. The molecule has 4 atom stereocenters. The van der Waals surface area contributed by atoms with E-state index in [-0.39, 0.29) is 70.2 Å². The Balaban J connectivity index is 0.000000157. The summed E-state index contributed by atoms with van der Waals surface area (Å²) in [4.78, 5) is 109. The van der Waals surface area contributed by atoms with Gasteiger partial charge in [-0.25, -0.2) is 46.3 Å². The number of nitrogens with two attached hydrogens (primary N) is 1. The number of imidazole rings is 2. The molecule has 10 aromatic carbocycles. The molecule has 3 aliphatic rings. The van der Waals surface area contributed by atoms with Crippen LogP contribution < -0.4 is 16.4 Å². The molecule has 0 aliphatic carbocycles. The molecule has 0 fully saturated rings. The highest BCUT2D eigenvalue weighted by Crippen LogP contribution is 2.38. The van der Waals surface area contributed by atoms with Crippen LogP contribution in [0.3, 0.4) is 0 Å². The van der Waals surface area contributed by atoms with Gasteiger partial charge in [-0.1, -0.05) is 156 Å². The lowest BCUT2D eigenvalue weighted by Gasteiger charge is -2.22.